The first kappa shape index (κ1) is 9.47. The largest absolute Gasteiger partial charge is 0.317 e. The molecular formula is C11H22N2. The van der Waals surface area contributed by atoms with Crippen molar-refractivity contribution < 1.29 is 0 Å². The second kappa shape index (κ2) is 4.43. The highest BCUT2D eigenvalue weighted by Crippen LogP contribution is 2.28. The van der Waals surface area contributed by atoms with Gasteiger partial charge in [0.15, 0.2) is 0 Å². The molecule has 0 unspecified atom stereocenters. The van der Waals surface area contributed by atoms with Gasteiger partial charge in [-0.25, -0.2) is 0 Å². The van der Waals surface area contributed by atoms with Gasteiger partial charge in [-0.05, 0) is 51.2 Å². The van der Waals surface area contributed by atoms with Crippen molar-refractivity contribution in [2.75, 3.05) is 26.2 Å². The average molecular weight is 182 g/mol. The number of hydrogen-bond donors (Lipinski definition) is 1. The third-order valence-electron chi connectivity index (χ3n) is 3.42. The fourth-order valence-electron chi connectivity index (χ4n) is 2.37. The van der Waals surface area contributed by atoms with Gasteiger partial charge in [-0.1, -0.05) is 6.92 Å². The van der Waals surface area contributed by atoms with Crippen molar-refractivity contribution in [3.05, 3.63) is 0 Å². The van der Waals surface area contributed by atoms with Crippen LogP contribution in [0.15, 0.2) is 0 Å². The number of nitrogens with zero attached hydrogens (tertiary/aromatic N) is 1. The van der Waals surface area contributed by atoms with Crippen LogP contribution < -0.4 is 5.32 Å². The standard InChI is InChI=1S/C11H22N2/c1-2-13(11-3-4-11)9-10-5-7-12-8-6-10/h10-12H,2-9H2,1H3. The molecule has 0 amide bonds. The lowest BCUT2D eigenvalue weighted by Crippen LogP contribution is -2.37. The lowest BCUT2D eigenvalue weighted by molar-refractivity contribution is 0.206. The lowest BCUT2D eigenvalue weighted by atomic mass is 9.97. The van der Waals surface area contributed by atoms with Crippen LogP contribution >= 0.6 is 0 Å². The van der Waals surface area contributed by atoms with Crippen LogP contribution in [0.5, 0.6) is 0 Å². The monoisotopic (exact) mass is 182 g/mol. The molecule has 0 radical (unpaired) electrons. The average Bonchev–Trinajstić information content (AvgIpc) is 2.99. The Bertz CT molecular complexity index is 148. The molecule has 2 rings (SSSR count). The summed E-state index contributed by atoms with van der Waals surface area (Å²) in [5.74, 6) is 0.974. The van der Waals surface area contributed by atoms with E-state index in [4.69, 9.17) is 0 Å². The molecule has 1 saturated heterocycles. The van der Waals surface area contributed by atoms with Crippen LogP contribution in [0.2, 0.25) is 0 Å². The predicted molar refractivity (Wildman–Crippen MR) is 55.9 cm³/mol. The van der Waals surface area contributed by atoms with Crippen molar-refractivity contribution in [2.45, 2.75) is 38.6 Å². The van der Waals surface area contributed by atoms with Gasteiger partial charge in [-0.3, -0.25) is 0 Å². The van der Waals surface area contributed by atoms with Gasteiger partial charge in [-0.15, -0.1) is 0 Å². The molecule has 1 aliphatic carbocycles. The van der Waals surface area contributed by atoms with Gasteiger partial charge >= 0.3 is 0 Å². The topological polar surface area (TPSA) is 15.3 Å². The van der Waals surface area contributed by atoms with E-state index in [2.05, 4.69) is 17.1 Å². The van der Waals surface area contributed by atoms with E-state index in [1.54, 1.807) is 0 Å². The van der Waals surface area contributed by atoms with Gasteiger partial charge in [-0.2, -0.15) is 0 Å². The van der Waals surface area contributed by atoms with Gasteiger partial charge in [0.1, 0.15) is 0 Å². The van der Waals surface area contributed by atoms with Gasteiger partial charge in [0.25, 0.3) is 0 Å². The summed E-state index contributed by atoms with van der Waals surface area (Å²) < 4.78 is 0. The first-order chi connectivity index (χ1) is 6.40. The van der Waals surface area contributed by atoms with Crippen LogP contribution in [0.25, 0.3) is 0 Å². The third kappa shape index (κ3) is 2.68. The Labute approximate surface area is 81.7 Å². The van der Waals surface area contributed by atoms with E-state index in [0.29, 0.717) is 0 Å². The molecule has 0 aromatic carbocycles. The summed E-state index contributed by atoms with van der Waals surface area (Å²) in [5, 5.41) is 3.43. The van der Waals surface area contributed by atoms with Crippen LogP contribution in [-0.4, -0.2) is 37.1 Å². The van der Waals surface area contributed by atoms with E-state index >= 15 is 0 Å². The zero-order valence-corrected chi connectivity index (χ0v) is 8.76. The Morgan fingerprint density at radius 3 is 2.38 bits per heavy atom. The predicted octanol–water partition coefficient (Wildman–Crippen LogP) is 1.47. The molecule has 1 saturated carbocycles. The smallest absolute Gasteiger partial charge is 0.00964 e. The van der Waals surface area contributed by atoms with E-state index < -0.39 is 0 Å². The maximum absolute atomic E-state index is 3.43. The number of hydrogen-bond acceptors (Lipinski definition) is 2. The van der Waals surface area contributed by atoms with Crippen LogP contribution in [0, 0.1) is 5.92 Å². The number of nitrogens with one attached hydrogen (secondary N) is 1. The highest BCUT2D eigenvalue weighted by molar-refractivity contribution is 4.85. The summed E-state index contributed by atoms with van der Waals surface area (Å²) >= 11 is 0. The normalized spacial score (nSPS) is 25.4. The highest BCUT2D eigenvalue weighted by Gasteiger charge is 2.29. The van der Waals surface area contributed by atoms with Crippen molar-refractivity contribution in [3.63, 3.8) is 0 Å². The van der Waals surface area contributed by atoms with Crippen LogP contribution in [0.4, 0.5) is 0 Å². The van der Waals surface area contributed by atoms with Crippen molar-refractivity contribution >= 4 is 0 Å². The molecule has 1 heterocycles. The number of rotatable bonds is 4. The Hall–Kier alpha value is -0.0800. The molecular weight excluding hydrogens is 160 g/mol. The molecule has 0 aromatic heterocycles. The fourth-order valence-corrected chi connectivity index (χ4v) is 2.37. The molecule has 76 valence electrons. The van der Waals surface area contributed by atoms with Crippen molar-refractivity contribution in [1.82, 2.24) is 10.2 Å². The van der Waals surface area contributed by atoms with E-state index in [1.807, 2.05) is 0 Å². The summed E-state index contributed by atoms with van der Waals surface area (Å²) in [4.78, 5) is 2.69. The first-order valence-corrected chi connectivity index (χ1v) is 5.85. The van der Waals surface area contributed by atoms with Gasteiger partial charge in [0.2, 0.25) is 0 Å². The minimum atomic E-state index is 0.958. The van der Waals surface area contributed by atoms with Crippen LogP contribution in [-0.2, 0) is 0 Å². The zero-order valence-electron chi connectivity index (χ0n) is 8.76. The van der Waals surface area contributed by atoms with Crippen molar-refractivity contribution in [2.24, 2.45) is 5.92 Å². The van der Waals surface area contributed by atoms with Gasteiger partial charge in [0.05, 0.1) is 0 Å². The summed E-state index contributed by atoms with van der Waals surface area (Å²) in [7, 11) is 0. The Morgan fingerprint density at radius 1 is 1.15 bits per heavy atom. The summed E-state index contributed by atoms with van der Waals surface area (Å²) in [5.41, 5.74) is 0. The van der Waals surface area contributed by atoms with E-state index in [0.717, 1.165) is 12.0 Å². The summed E-state index contributed by atoms with van der Waals surface area (Å²) in [6, 6.07) is 0.958. The molecule has 1 N–H and O–H groups in total. The Morgan fingerprint density at radius 2 is 1.85 bits per heavy atom. The molecule has 0 bridgehead atoms. The second-order valence-corrected chi connectivity index (χ2v) is 4.51. The van der Waals surface area contributed by atoms with Gasteiger partial charge in [0, 0.05) is 12.6 Å². The first-order valence-electron chi connectivity index (χ1n) is 5.85. The van der Waals surface area contributed by atoms with Crippen LogP contribution in [0.1, 0.15) is 32.6 Å². The molecule has 0 atom stereocenters. The highest BCUT2D eigenvalue weighted by atomic mass is 15.2. The molecule has 2 nitrogen and oxygen atoms in total. The molecule has 2 fully saturated rings. The zero-order chi connectivity index (χ0) is 9.10. The minimum absolute atomic E-state index is 0.958. The maximum Gasteiger partial charge on any atom is 0.00964 e. The molecule has 2 heteroatoms. The maximum atomic E-state index is 3.43. The van der Waals surface area contributed by atoms with E-state index in [9.17, 15) is 0 Å². The fraction of sp³-hybridized carbons (Fsp3) is 1.00. The van der Waals surface area contributed by atoms with E-state index in [-0.39, 0.29) is 0 Å². The second-order valence-electron chi connectivity index (χ2n) is 4.51. The van der Waals surface area contributed by atoms with Crippen molar-refractivity contribution in [1.29, 1.82) is 0 Å². The minimum Gasteiger partial charge on any atom is -0.317 e. The quantitative estimate of drug-likeness (QED) is 0.708. The summed E-state index contributed by atoms with van der Waals surface area (Å²) in [6.07, 6.45) is 5.70. The molecule has 2 aliphatic rings. The lowest BCUT2D eigenvalue weighted by Gasteiger charge is -2.29. The van der Waals surface area contributed by atoms with Gasteiger partial charge < -0.3 is 10.2 Å². The molecule has 0 aromatic rings. The Kier molecular flexibility index (Phi) is 3.23. The molecule has 1 aliphatic heterocycles. The van der Waals surface area contributed by atoms with Crippen LogP contribution in [0.3, 0.4) is 0 Å². The molecule has 13 heavy (non-hydrogen) atoms. The summed E-state index contributed by atoms with van der Waals surface area (Å²) in [6.45, 7) is 7.41. The van der Waals surface area contributed by atoms with Crippen molar-refractivity contribution in [3.8, 4) is 0 Å². The Balaban J connectivity index is 1.73. The number of piperidine rings is 1. The SMILES string of the molecule is CCN(CC1CCNCC1)C1CC1. The molecule has 0 spiro atoms. The third-order valence-corrected chi connectivity index (χ3v) is 3.42. The van der Waals surface area contributed by atoms with E-state index in [1.165, 1.54) is 51.9 Å².